The summed E-state index contributed by atoms with van der Waals surface area (Å²) in [6, 6.07) is 1.57. The third kappa shape index (κ3) is 4.70. The molecule has 0 saturated carbocycles. The highest BCUT2D eigenvalue weighted by molar-refractivity contribution is 9.10. The first-order valence-electron chi connectivity index (χ1n) is 5.24. The predicted molar refractivity (Wildman–Crippen MR) is 69.1 cm³/mol. The van der Waals surface area contributed by atoms with Crippen molar-refractivity contribution in [2.24, 2.45) is 0 Å². The average molecular weight is 303 g/mol. The van der Waals surface area contributed by atoms with Crippen molar-refractivity contribution in [2.75, 3.05) is 12.4 Å². The first-order valence-corrected chi connectivity index (χ1v) is 6.03. The standard InChI is InChI=1S/C11H15BrN2O3/c1-7(17-2)3-4-10(15)14-9-5-8(12)6-13-11(9)16/h5-7H,3-4H2,1-2H3,(H,13,16)(H,14,15)/t7-/m1/s1. The summed E-state index contributed by atoms with van der Waals surface area (Å²) in [5.74, 6) is -0.197. The maximum absolute atomic E-state index is 11.6. The zero-order chi connectivity index (χ0) is 12.8. The van der Waals surface area contributed by atoms with Gasteiger partial charge in [0, 0.05) is 24.2 Å². The van der Waals surface area contributed by atoms with Gasteiger partial charge in [-0.05, 0) is 35.3 Å². The average Bonchev–Trinajstić information content (AvgIpc) is 2.30. The summed E-state index contributed by atoms with van der Waals surface area (Å²) in [5.41, 5.74) is -0.0733. The molecule has 0 fully saturated rings. The van der Waals surface area contributed by atoms with Crippen LogP contribution in [-0.4, -0.2) is 24.1 Å². The highest BCUT2D eigenvalue weighted by Gasteiger charge is 2.08. The van der Waals surface area contributed by atoms with Crippen molar-refractivity contribution in [3.05, 3.63) is 27.1 Å². The zero-order valence-electron chi connectivity index (χ0n) is 9.75. The zero-order valence-corrected chi connectivity index (χ0v) is 11.3. The molecule has 0 aromatic carbocycles. The number of pyridine rings is 1. The van der Waals surface area contributed by atoms with E-state index in [9.17, 15) is 9.59 Å². The van der Waals surface area contributed by atoms with Crippen LogP contribution < -0.4 is 10.9 Å². The Morgan fingerprint density at radius 3 is 3.00 bits per heavy atom. The molecule has 94 valence electrons. The molecule has 6 heteroatoms. The number of aromatic nitrogens is 1. The van der Waals surface area contributed by atoms with E-state index in [2.05, 4.69) is 26.2 Å². The monoisotopic (exact) mass is 302 g/mol. The van der Waals surface area contributed by atoms with Crippen molar-refractivity contribution in [3.8, 4) is 0 Å². The second-order valence-electron chi connectivity index (χ2n) is 3.69. The fourth-order valence-corrected chi connectivity index (χ4v) is 1.56. The number of H-pyrrole nitrogens is 1. The first kappa shape index (κ1) is 13.9. The van der Waals surface area contributed by atoms with E-state index in [4.69, 9.17) is 4.74 Å². The van der Waals surface area contributed by atoms with Gasteiger partial charge in [-0.15, -0.1) is 0 Å². The number of hydrogen-bond donors (Lipinski definition) is 2. The van der Waals surface area contributed by atoms with Gasteiger partial charge >= 0.3 is 0 Å². The van der Waals surface area contributed by atoms with Crippen molar-refractivity contribution >= 4 is 27.5 Å². The normalized spacial score (nSPS) is 12.2. The number of aromatic amines is 1. The molecular formula is C11H15BrN2O3. The molecule has 0 aliphatic heterocycles. The lowest BCUT2D eigenvalue weighted by molar-refractivity contribution is -0.116. The van der Waals surface area contributed by atoms with Gasteiger partial charge in [0.25, 0.3) is 5.56 Å². The molecule has 1 heterocycles. The van der Waals surface area contributed by atoms with Gasteiger partial charge in [0.1, 0.15) is 5.69 Å². The molecule has 1 aromatic heterocycles. The van der Waals surface area contributed by atoms with E-state index < -0.39 is 0 Å². The second-order valence-corrected chi connectivity index (χ2v) is 4.61. The van der Waals surface area contributed by atoms with E-state index in [0.717, 1.165) is 0 Å². The summed E-state index contributed by atoms with van der Waals surface area (Å²) in [4.78, 5) is 25.5. The summed E-state index contributed by atoms with van der Waals surface area (Å²) < 4.78 is 5.74. The van der Waals surface area contributed by atoms with Crippen LogP contribution in [0.15, 0.2) is 21.5 Å². The van der Waals surface area contributed by atoms with Gasteiger partial charge in [-0.3, -0.25) is 9.59 Å². The van der Waals surface area contributed by atoms with Gasteiger partial charge < -0.3 is 15.0 Å². The van der Waals surface area contributed by atoms with Gasteiger partial charge in [-0.1, -0.05) is 0 Å². The van der Waals surface area contributed by atoms with Crippen molar-refractivity contribution in [1.29, 1.82) is 0 Å². The van der Waals surface area contributed by atoms with Gasteiger partial charge in [0.05, 0.1) is 6.10 Å². The summed E-state index contributed by atoms with van der Waals surface area (Å²) in [5, 5.41) is 2.56. The molecule has 2 N–H and O–H groups in total. The Bertz CT molecular complexity index is 445. The SMILES string of the molecule is CO[C@H](C)CCC(=O)Nc1cc(Br)c[nH]c1=O. The largest absolute Gasteiger partial charge is 0.382 e. The number of hydrogen-bond acceptors (Lipinski definition) is 3. The lowest BCUT2D eigenvalue weighted by Crippen LogP contribution is -2.20. The van der Waals surface area contributed by atoms with Crippen LogP contribution in [-0.2, 0) is 9.53 Å². The van der Waals surface area contributed by atoms with E-state index in [1.54, 1.807) is 13.2 Å². The number of carbonyl (C=O) groups is 1. The minimum atomic E-state index is -0.318. The summed E-state index contributed by atoms with van der Waals surface area (Å²) in [6.07, 6.45) is 2.49. The van der Waals surface area contributed by atoms with Crippen LogP contribution in [0.4, 0.5) is 5.69 Å². The Hall–Kier alpha value is -1.14. The maximum Gasteiger partial charge on any atom is 0.271 e. The molecule has 1 rings (SSSR count). The highest BCUT2D eigenvalue weighted by atomic mass is 79.9. The van der Waals surface area contributed by atoms with Crippen molar-refractivity contribution in [2.45, 2.75) is 25.9 Å². The van der Waals surface area contributed by atoms with Crippen LogP contribution in [0.2, 0.25) is 0 Å². The molecular weight excluding hydrogens is 288 g/mol. The van der Waals surface area contributed by atoms with Crippen molar-refractivity contribution in [3.63, 3.8) is 0 Å². The Labute approximate surface area is 108 Å². The predicted octanol–water partition coefficient (Wildman–Crippen LogP) is 1.89. The van der Waals surface area contributed by atoms with E-state index in [1.165, 1.54) is 6.20 Å². The molecule has 0 aliphatic rings. The summed E-state index contributed by atoms with van der Waals surface area (Å²) in [7, 11) is 1.60. The summed E-state index contributed by atoms with van der Waals surface area (Å²) in [6.45, 7) is 1.89. The topological polar surface area (TPSA) is 71.2 Å². The first-order chi connectivity index (χ1) is 8.02. The van der Waals surface area contributed by atoms with Crippen LogP contribution in [0.5, 0.6) is 0 Å². The summed E-state index contributed by atoms with van der Waals surface area (Å²) >= 11 is 3.22. The molecule has 5 nitrogen and oxygen atoms in total. The fourth-order valence-electron chi connectivity index (χ4n) is 1.22. The number of amides is 1. The Morgan fingerprint density at radius 2 is 2.35 bits per heavy atom. The van der Waals surface area contributed by atoms with Crippen LogP contribution in [0, 0.1) is 0 Å². The molecule has 1 atom stereocenters. The maximum atomic E-state index is 11.6. The molecule has 0 spiro atoms. The molecule has 0 radical (unpaired) electrons. The van der Waals surface area contributed by atoms with E-state index >= 15 is 0 Å². The molecule has 0 bridgehead atoms. The van der Waals surface area contributed by atoms with Gasteiger partial charge in [-0.25, -0.2) is 0 Å². The van der Waals surface area contributed by atoms with Crippen LogP contribution in [0.3, 0.4) is 0 Å². The van der Waals surface area contributed by atoms with Crippen molar-refractivity contribution < 1.29 is 9.53 Å². The number of halogens is 1. The Kier molecular flexibility index (Phi) is 5.37. The highest BCUT2D eigenvalue weighted by Crippen LogP contribution is 2.10. The quantitative estimate of drug-likeness (QED) is 0.872. The number of methoxy groups -OCH3 is 1. The van der Waals surface area contributed by atoms with E-state index in [0.29, 0.717) is 17.3 Å². The Balaban J connectivity index is 2.56. The molecule has 0 unspecified atom stereocenters. The molecule has 1 amide bonds. The number of ether oxygens (including phenoxy) is 1. The number of anilines is 1. The van der Waals surface area contributed by atoms with Crippen LogP contribution in [0.1, 0.15) is 19.8 Å². The lowest BCUT2D eigenvalue weighted by Gasteiger charge is -2.09. The van der Waals surface area contributed by atoms with Gasteiger partial charge in [-0.2, -0.15) is 0 Å². The smallest absolute Gasteiger partial charge is 0.271 e. The van der Waals surface area contributed by atoms with Crippen LogP contribution in [0.25, 0.3) is 0 Å². The minimum Gasteiger partial charge on any atom is -0.382 e. The fraction of sp³-hybridized carbons (Fsp3) is 0.455. The number of carbonyl (C=O) groups excluding carboxylic acids is 1. The van der Waals surface area contributed by atoms with Crippen LogP contribution >= 0.6 is 15.9 Å². The van der Waals surface area contributed by atoms with Gasteiger partial charge in [0.2, 0.25) is 5.91 Å². The molecule has 0 aliphatic carbocycles. The number of rotatable bonds is 5. The molecule has 17 heavy (non-hydrogen) atoms. The number of nitrogens with one attached hydrogen (secondary N) is 2. The van der Waals surface area contributed by atoms with E-state index in [1.807, 2.05) is 6.92 Å². The Morgan fingerprint density at radius 1 is 1.65 bits per heavy atom. The minimum absolute atomic E-state index is 0.0292. The third-order valence-electron chi connectivity index (χ3n) is 2.32. The van der Waals surface area contributed by atoms with Gasteiger partial charge in [0.15, 0.2) is 0 Å². The lowest BCUT2D eigenvalue weighted by atomic mass is 10.2. The third-order valence-corrected chi connectivity index (χ3v) is 2.78. The second kappa shape index (κ2) is 6.56. The molecule has 1 aromatic rings. The van der Waals surface area contributed by atoms with E-state index in [-0.39, 0.29) is 23.3 Å². The van der Waals surface area contributed by atoms with Crippen molar-refractivity contribution in [1.82, 2.24) is 4.98 Å². The molecule has 0 saturated heterocycles.